The summed E-state index contributed by atoms with van der Waals surface area (Å²) in [5, 5.41) is 0. The molecule has 0 aliphatic heterocycles. The van der Waals surface area contributed by atoms with Gasteiger partial charge in [-0.15, -0.1) is 0 Å². The fourth-order valence-electron chi connectivity index (χ4n) is 1.28. The SMILES string of the molecule is NC1CC1NS(=O)(=O)c1ccccc1Br. The van der Waals surface area contributed by atoms with Crippen LogP contribution in [-0.2, 0) is 10.0 Å². The lowest BCUT2D eigenvalue weighted by atomic mass is 10.4. The molecule has 6 heteroatoms. The fourth-order valence-corrected chi connectivity index (χ4v) is 3.58. The molecule has 2 unspecified atom stereocenters. The monoisotopic (exact) mass is 290 g/mol. The van der Waals surface area contributed by atoms with E-state index in [1.807, 2.05) is 0 Å². The molecular weight excluding hydrogens is 280 g/mol. The molecule has 0 bridgehead atoms. The maximum absolute atomic E-state index is 11.9. The van der Waals surface area contributed by atoms with Gasteiger partial charge < -0.3 is 5.73 Å². The molecule has 3 N–H and O–H groups in total. The van der Waals surface area contributed by atoms with Crippen molar-refractivity contribution in [2.24, 2.45) is 5.73 Å². The van der Waals surface area contributed by atoms with E-state index in [2.05, 4.69) is 20.7 Å². The van der Waals surface area contributed by atoms with Crippen LogP contribution in [0.15, 0.2) is 33.6 Å². The van der Waals surface area contributed by atoms with Crippen LogP contribution in [-0.4, -0.2) is 20.5 Å². The minimum Gasteiger partial charge on any atom is -0.326 e. The van der Waals surface area contributed by atoms with E-state index >= 15 is 0 Å². The third-order valence-corrected chi connectivity index (χ3v) is 4.77. The second-order valence-corrected chi connectivity index (χ2v) is 6.09. The summed E-state index contributed by atoms with van der Waals surface area (Å²) in [6.07, 6.45) is 0.712. The zero-order valence-corrected chi connectivity index (χ0v) is 10.3. The molecule has 0 spiro atoms. The number of hydrogen-bond donors (Lipinski definition) is 2. The van der Waals surface area contributed by atoms with Gasteiger partial charge in [-0.2, -0.15) is 0 Å². The molecule has 0 radical (unpaired) electrons. The molecule has 0 saturated heterocycles. The number of sulfonamides is 1. The quantitative estimate of drug-likeness (QED) is 0.866. The first-order valence-electron chi connectivity index (χ1n) is 4.53. The lowest BCUT2D eigenvalue weighted by Crippen LogP contribution is -2.29. The molecule has 1 aliphatic rings. The summed E-state index contributed by atoms with van der Waals surface area (Å²) in [5.74, 6) is 0. The van der Waals surface area contributed by atoms with E-state index in [4.69, 9.17) is 5.73 Å². The lowest BCUT2D eigenvalue weighted by Gasteiger charge is -2.07. The van der Waals surface area contributed by atoms with Crippen molar-refractivity contribution in [1.29, 1.82) is 0 Å². The molecule has 0 heterocycles. The van der Waals surface area contributed by atoms with E-state index in [1.54, 1.807) is 24.3 Å². The van der Waals surface area contributed by atoms with Crippen LogP contribution in [0.5, 0.6) is 0 Å². The third kappa shape index (κ3) is 2.39. The van der Waals surface area contributed by atoms with Crippen molar-refractivity contribution in [2.75, 3.05) is 0 Å². The van der Waals surface area contributed by atoms with E-state index in [-0.39, 0.29) is 17.0 Å². The van der Waals surface area contributed by atoms with Crippen LogP contribution in [0, 0.1) is 0 Å². The molecule has 15 heavy (non-hydrogen) atoms. The van der Waals surface area contributed by atoms with E-state index in [0.717, 1.165) is 0 Å². The Labute approximate surface area is 97.0 Å². The Morgan fingerprint density at radius 1 is 1.40 bits per heavy atom. The highest BCUT2D eigenvalue weighted by molar-refractivity contribution is 9.10. The van der Waals surface area contributed by atoms with Gasteiger partial charge in [0, 0.05) is 16.6 Å². The highest BCUT2D eigenvalue weighted by Crippen LogP contribution is 2.25. The van der Waals surface area contributed by atoms with Gasteiger partial charge in [-0.25, -0.2) is 13.1 Å². The predicted molar refractivity (Wildman–Crippen MR) is 60.8 cm³/mol. The Hall–Kier alpha value is -0.430. The summed E-state index contributed by atoms with van der Waals surface area (Å²) in [4.78, 5) is 0.254. The van der Waals surface area contributed by atoms with Gasteiger partial charge in [-0.3, -0.25) is 0 Å². The zero-order valence-electron chi connectivity index (χ0n) is 7.85. The van der Waals surface area contributed by atoms with Crippen molar-refractivity contribution < 1.29 is 8.42 Å². The summed E-state index contributed by atoms with van der Waals surface area (Å²) < 4.78 is 26.8. The topological polar surface area (TPSA) is 72.2 Å². The Balaban J connectivity index is 2.26. The average Bonchev–Trinajstić information content (AvgIpc) is 2.81. The predicted octanol–water partition coefficient (Wildman–Crippen LogP) is 0.827. The third-order valence-electron chi connectivity index (χ3n) is 2.27. The summed E-state index contributed by atoms with van der Waals surface area (Å²) in [6, 6.07) is 6.56. The van der Waals surface area contributed by atoms with Gasteiger partial charge >= 0.3 is 0 Å². The molecule has 1 saturated carbocycles. The van der Waals surface area contributed by atoms with Crippen LogP contribution >= 0.6 is 15.9 Å². The number of hydrogen-bond acceptors (Lipinski definition) is 3. The Morgan fingerprint density at radius 2 is 2.00 bits per heavy atom. The maximum Gasteiger partial charge on any atom is 0.241 e. The van der Waals surface area contributed by atoms with Gasteiger partial charge in [0.05, 0.1) is 4.90 Å². The second-order valence-electron chi connectivity index (χ2n) is 3.56. The minimum absolute atomic E-state index is 0.0396. The highest BCUT2D eigenvalue weighted by Gasteiger charge is 2.37. The van der Waals surface area contributed by atoms with Gasteiger partial charge in [0.15, 0.2) is 0 Å². The molecule has 0 amide bonds. The van der Waals surface area contributed by atoms with Gasteiger partial charge in [0.25, 0.3) is 0 Å². The van der Waals surface area contributed by atoms with E-state index in [0.29, 0.717) is 10.9 Å². The highest BCUT2D eigenvalue weighted by atomic mass is 79.9. The molecule has 1 aromatic rings. The average molecular weight is 291 g/mol. The smallest absolute Gasteiger partial charge is 0.241 e. The molecule has 1 aromatic carbocycles. The molecule has 82 valence electrons. The van der Waals surface area contributed by atoms with Crippen LogP contribution in [0.1, 0.15) is 6.42 Å². The molecule has 0 aromatic heterocycles. The molecular formula is C9H11BrN2O2S. The molecule has 4 nitrogen and oxygen atoms in total. The molecule has 1 aliphatic carbocycles. The molecule has 2 atom stereocenters. The van der Waals surface area contributed by atoms with Crippen molar-refractivity contribution in [3.8, 4) is 0 Å². The number of halogens is 1. The molecule has 1 fully saturated rings. The first-order chi connectivity index (χ1) is 7.00. The fraction of sp³-hybridized carbons (Fsp3) is 0.333. The van der Waals surface area contributed by atoms with Crippen molar-refractivity contribution in [2.45, 2.75) is 23.4 Å². The van der Waals surface area contributed by atoms with Crippen molar-refractivity contribution in [1.82, 2.24) is 4.72 Å². The van der Waals surface area contributed by atoms with Crippen LogP contribution in [0.25, 0.3) is 0 Å². The first-order valence-corrected chi connectivity index (χ1v) is 6.81. The Morgan fingerprint density at radius 3 is 2.53 bits per heavy atom. The van der Waals surface area contributed by atoms with Gasteiger partial charge in [0.2, 0.25) is 10.0 Å². The largest absolute Gasteiger partial charge is 0.326 e. The Kier molecular flexibility index (Phi) is 2.85. The van der Waals surface area contributed by atoms with Crippen LogP contribution < -0.4 is 10.5 Å². The van der Waals surface area contributed by atoms with Crippen LogP contribution in [0.4, 0.5) is 0 Å². The van der Waals surface area contributed by atoms with Crippen LogP contribution in [0.3, 0.4) is 0 Å². The zero-order chi connectivity index (χ0) is 11.1. The number of benzene rings is 1. The first kappa shape index (κ1) is 11.1. The van der Waals surface area contributed by atoms with E-state index in [1.165, 1.54) is 0 Å². The minimum atomic E-state index is -3.44. The van der Waals surface area contributed by atoms with Gasteiger partial charge in [-0.1, -0.05) is 12.1 Å². The van der Waals surface area contributed by atoms with Gasteiger partial charge in [0.1, 0.15) is 0 Å². The summed E-state index contributed by atoms with van der Waals surface area (Å²) in [6.45, 7) is 0. The van der Waals surface area contributed by atoms with Crippen molar-refractivity contribution >= 4 is 26.0 Å². The maximum atomic E-state index is 11.9. The summed E-state index contributed by atoms with van der Waals surface area (Å²) >= 11 is 3.21. The second kappa shape index (κ2) is 3.86. The number of nitrogens with one attached hydrogen (secondary N) is 1. The normalized spacial score (nSPS) is 25.2. The van der Waals surface area contributed by atoms with Gasteiger partial charge in [-0.05, 0) is 34.5 Å². The standard InChI is InChI=1S/C9H11BrN2O2S/c10-6-3-1-2-4-9(6)15(13,14)12-8-5-7(8)11/h1-4,7-8,12H,5,11H2. The lowest BCUT2D eigenvalue weighted by molar-refractivity contribution is 0.579. The number of nitrogens with two attached hydrogens (primary N) is 1. The van der Waals surface area contributed by atoms with E-state index < -0.39 is 10.0 Å². The Bertz CT molecular complexity index is 475. The van der Waals surface area contributed by atoms with Crippen LogP contribution in [0.2, 0.25) is 0 Å². The van der Waals surface area contributed by atoms with E-state index in [9.17, 15) is 8.42 Å². The number of rotatable bonds is 3. The van der Waals surface area contributed by atoms with Crippen molar-refractivity contribution in [3.63, 3.8) is 0 Å². The summed E-state index contributed by atoms with van der Waals surface area (Å²) in [5.41, 5.74) is 5.55. The molecule has 2 rings (SSSR count). The summed E-state index contributed by atoms with van der Waals surface area (Å²) in [7, 11) is -3.44. The van der Waals surface area contributed by atoms with Crippen molar-refractivity contribution in [3.05, 3.63) is 28.7 Å².